The minimum Gasteiger partial charge on any atom is -0.319 e. The Morgan fingerprint density at radius 1 is 0.429 bits per heavy atom. The lowest BCUT2D eigenvalue weighted by molar-refractivity contribution is 1.14. The Hall–Kier alpha value is -5.48. The first-order valence-corrected chi connectivity index (χ1v) is 14.6. The average molecular weight is 533 g/mol. The third-order valence-electron chi connectivity index (χ3n) is 9.28. The van der Waals surface area contributed by atoms with E-state index in [1.807, 2.05) is 0 Å². The number of nitrogens with zero attached hydrogens (tertiary/aromatic N) is 3. The van der Waals surface area contributed by atoms with Gasteiger partial charge in [0.1, 0.15) is 0 Å². The fourth-order valence-corrected chi connectivity index (χ4v) is 7.74. The molecule has 3 nitrogen and oxygen atoms in total. The van der Waals surface area contributed by atoms with Gasteiger partial charge in [0.05, 0.1) is 22.2 Å². The molecule has 4 heteroatoms. The second kappa shape index (κ2) is 8.05. The molecule has 0 amide bonds. The van der Waals surface area contributed by atoms with Crippen molar-refractivity contribution in [1.82, 2.24) is 9.13 Å². The summed E-state index contributed by atoms with van der Waals surface area (Å²) >= 11 is 0. The first-order valence-electron chi connectivity index (χ1n) is 14.6. The SMILES string of the molecule is c1ccc(N2c3ccc4c5ccccc5n5c4c3B(c3ccccc3-5)c3c2c2ccccc2n3-c2ccccc2)cc1. The van der Waals surface area contributed by atoms with Crippen LogP contribution in [0.3, 0.4) is 0 Å². The van der Waals surface area contributed by atoms with Gasteiger partial charge in [-0.1, -0.05) is 97.1 Å². The Bertz CT molecular complexity index is 2370. The lowest BCUT2D eigenvalue weighted by Gasteiger charge is -2.39. The molecule has 0 aliphatic carbocycles. The first kappa shape index (κ1) is 22.2. The maximum Gasteiger partial charge on any atom is 0.273 e. The van der Waals surface area contributed by atoms with Crippen LogP contribution in [0.2, 0.25) is 0 Å². The molecular formula is C38H24BN3. The van der Waals surface area contributed by atoms with Crippen LogP contribution in [-0.4, -0.2) is 15.8 Å². The summed E-state index contributed by atoms with van der Waals surface area (Å²) in [5.74, 6) is 0. The van der Waals surface area contributed by atoms with Crippen LogP contribution in [0, 0.1) is 0 Å². The second-order valence-corrected chi connectivity index (χ2v) is 11.3. The maximum absolute atomic E-state index is 2.52. The lowest BCUT2D eigenvalue weighted by atomic mass is 9.35. The molecule has 0 atom stereocenters. The number of anilines is 3. The zero-order chi connectivity index (χ0) is 27.4. The van der Waals surface area contributed by atoms with E-state index in [1.54, 1.807) is 0 Å². The van der Waals surface area contributed by atoms with E-state index in [9.17, 15) is 0 Å². The summed E-state index contributed by atoms with van der Waals surface area (Å²) in [6.45, 7) is 0.0688. The number of hydrogen-bond donors (Lipinski definition) is 0. The highest BCUT2D eigenvalue weighted by molar-refractivity contribution is 7.00. The highest BCUT2D eigenvalue weighted by Crippen LogP contribution is 2.45. The second-order valence-electron chi connectivity index (χ2n) is 11.3. The minimum atomic E-state index is 0.0688. The molecule has 0 saturated carbocycles. The van der Waals surface area contributed by atoms with E-state index >= 15 is 0 Å². The fourth-order valence-electron chi connectivity index (χ4n) is 7.74. The van der Waals surface area contributed by atoms with Crippen molar-refractivity contribution in [3.8, 4) is 11.4 Å². The van der Waals surface area contributed by atoms with Crippen LogP contribution in [0.5, 0.6) is 0 Å². The van der Waals surface area contributed by atoms with Crippen molar-refractivity contribution < 1.29 is 0 Å². The number of fused-ring (bicyclic) bond motifs is 10. The van der Waals surface area contributed by atoms with Crippen LogP contribution in [0.1, 0.15) is 0 Å². The van der Waals surface area contributed by atoms with Gasteiger partial charge < -0.3 is 14.0 Å². The van der Waals surface area contributed by atoms with Gasteiger partial charge in [0.15, 0.2) is 0 Å². The number of para-hydroxylation sites is 5. The first-order chi connectivity index (χ1) is 20.9. The van der Waals surface area contributed by atoms with Crippen LogP contribution < -0.4 is 21.4 Å². The minimum absolute atomic E-state index is 0.0688. The van der Waals surface area contributed by atoms with Crippen LogP contribution in [0.25, 0.3) is 44.1 Å². The van der Waals surface area contributed by atoms with E-state index in [2.05, 4.69) is 160 Å². The van der Waals surface area contributed by atoms with Gasteiger partial charge in [0.25, 0.3) is 6.71 Å². The smallest absolute Gasteiger partial charge is 0.273 e. The predicted molar refractivity (Wildman–Crippen MR) is 177 cm³/mol. The van der Waals surface area contributed by atoms with Gasteiger partial charge >= 0.3 is 0 Å². The third-order valence-corrected chi connectivity index (χ3v) is 9.28. The Labute approximate surface area is 243 Å². The van der Waals surface area contributed by atoms with Crippen molar-refractivity contribution in [3.63, 3.8) is 0 Å². The molecule has 10 rings (SSSR count). The quantitative estimate of drug-likeness (QED) is 0.212. The molecule has 42 heavy (non-hydrogen) atoms. The lowest BCUT2D eigenvalue weighted by Crippen LogP contribution is -2.61. The zero-order valence-corrected chi connectivity index (χ0v) is 22.8. The molecule has 194 valence electrons. The molecule has 2 aliphatic rings. The Morgan fingerprint density at radius 3 is 1.83 bits per heavy atom. The number of hydrogen-bond acceptors (Lipinski definition) is 1. The molecule has 0 fully saturated rings. The summed E-state index contributed by atoms with van der Waals surface area (Å²) in [6.07, 6.45) is 0. The van der Waals surface area contributed by atoms with Crippen molar-refractivity contribution in [1.29, 1.82) is 0 Å². The fraction of sp³-hybridized carbons (Fsp3) is 0. The molecule has 0 spiro atoms. The van der Waals surface area contributed by atoms with Gasteiger partial charge in [0.2, 0.25) is 0 Å². The number of benzene rings is 6. The van der Waals surface area contributed by atoms with Crippen LogP contribution in [-0.2, 0) is 0 Å². The van der Waals surface area contributed by atoms with Crippen molar-refractivity contribution in [3.05, 3.63) is 146 Å². The average Bonchev–Trinajstić information content (AvgIpc) is 3.58. The molecule has 0 unspecified atom stereocenters. The van der Waals surface area contributed by atoms with E-state index in [4.69, 9.17) is 0 Å². The predicted octanol–water partition coefficient (Wildman–Crippen LogP) is 7.34. The van der Waals surface area contributed by atoms with Crippen molar-refractivity contribution >= 4 is 73.0 Å². The molecule has 0 N–H and O–H groups in total. The molecule has 0 saturated heterocycles. The summed E-state index contributed by atoms with van der Waals surface area (Å²) in [4.78, 5) is 2.51. The van der Waals surface area contributed by atoms with Crippen LogP contribution >= 0.6 is 0 Å². The molecule has 0 radical (unpaired) electrons. The van der Waals surface area contributed by atoms with Gasteiger partial charge in [-0.3, -0.25) is 0 Å². The van der Waals surface area contributed by atoms with Gasteiger partial charge in [-0.05, 0) is 59.5 Å². The van der Waals surface area contributed by atoms with E-state index in [-0.39, 0.29) is 6.71 Å². The van der Waals surface area contributed by atoms with Crippen LogP contribution in [0.15, 0.2) is 146 Å². The molecule has 2 aliphatic heterocycles. The number of rotatable bonds is 2. The van der Waals surface area contributed by atoms with Crippen molar-refractivity contribution in [2.75, 3.05) is 4.90 Å². The number of aromatic nitrogens is 2. The van der Waals surface area contributed by atoms with Gasteiger partial charge in [0, 0.05) is 44.5 Å². The highest BCUT2D eigenvalue weighted by Gasteiger charge is 2.45. The summed E-state index contributed by atoms with van der Waals surface area (Å²) < 4.78 is 5.03. The molecule has 2 aromatic heterocycles. The van der Waals surface area contributed by atoms with Crippen molar-refractivity contribution in [2.45, 2.75) is 0 Å². The summed E-state index contributed by atoms with van der Waals surface area (Å²) in [7, 11) is 0. The summed E-state index contributed by atoms with van der Waals surface area (Å²) in [6, 6.07) is 53.2. The largest absolute Gasteiger partial charge is 0.319 e. The zero-order valence-electron chi connectivity index (χ0n) is 22.8. The molecule has 0 bridgehead atoms. The third kappa shape index (κ3) is 2.67. The monoisotopic (exact) mass is 533 g/mol. The van der Waals surface area contributed by atoms with Gasteiger partial charge in [-0.2, -0.15) is 0 Å². The maximum atomic E-state index is 2.52. The molecular weight excluding hydrogens is 509 g/mol. The van der Waals surface area contributed by atoms with Gasteiger partial charge in [-0.15, -0.1) is 0 Å². The molecule has 6 aromatic carbocycles. The summed E-state index contributed by atoms with van der Waals surface area (Å²) in [5, 5.41) is 3.86. The van der Waals surface area contributed by atoms with Crippen LogP contribution in [0.4, 0.5) is 17.1 Å². The molecule has 8 aromatic rings. The Morgan fingerprint density at radius 2 is 1.05 bits per heavy atom. The Balaban J connectivity index is 1.47. The standard InChI is InChI=1S/C38H24BN3/c1-3-13-25(14-4-1)40-34-24-23-28-27-17-7-10-20-31(27)42-33-22-12-9-19-30(33)39(35(34)36(28)42)38-37(40)29-18-8-11-21-32(29)41(38)26-15-5-2-6-16-26/h1-24H. The Kier molecular flexibility index (Phi) is 4.26. The normalized spacial score (nSPS) is 13.1. The molecule has 4 heterocycles. The highest BCUT2D eigenvalue weighted by atomic mass is 15.2. The van der Waals surface area contributed by atoms with Gasteiger partial charge in [-0.25, -0.2) is 0 Å². The summed E-state index contributed by atoms with van der Waals surface area (Å²) in [5.41, 5.74) is 14.0. The van der Waals surface area contributed by atoms with E-state index in [1.165, 1.54) is 77.7 Å². The van der Waals surface area contributed by atoms with E-state index in [0.717, 1.165) is 0 Å². The van der Waals surface area contributed by atoms with E-state index in [0.29, 0.717) is 0 Å². The van der Waals surface area contributed by atoms with Crippen molar-refractivity contribution in [2.24, 2.45) is 0 Å². The topological polar surface area (TPSA) is 13.1 Å². The van der Waals surface area contributed by atoms with E-state index < -0.39 is 0 Å².